The van der Waals surface area contributed by atoms with Gasteiger partial charge >= 0.3 is 6.18 Å². The highest BCUT2D eigenvalue weighted by Gasteiger charge is 2.36. The third kappa shape index (κ3) is 4.70. The summed E-state index contributed by atoms with van der Waals surface area (Å²) in [5.74, 6) is 0. The van der Waals surface area contributed by atoms with Crippen LogP contribution in [0.4, 0.5) is 18.9 Å². The number of benzene rings is 8. The largest absolute Gasteiger partial charge is 0.415 e. The molecule has 8 aromatic carbocycles. The van der Waals surface area contributed by atoms with Crippen molar-refractivity contribution >= 4 is 112 Å². The molecule has 60 heavy (non-hydrogen) atoms. The van der Waals surface area contributed by atoms with Crippen molar-refractivity contribution in [1.82, 2.24) is 9.13 Å². The maximum absolute atomic E-state index is 15.1. The lowest BCUT2D eigenvalue weighted by atomic mass is 9.92. The van der Waals surface area contributed by atoms with Crippen LogP contribution in [0.3, 0.4) is 0 Å². The Morgan fingerprint density at radius 1 is 0.533 bits per heavy atom. The van der Waals surface area contributed by atoms with Gasteiger partial charge in [-0.3, -0.25) is 0 Å². The fourth-order valence-electron chi connectivity index (χ4n) is 9.42. The van der Waals surface area contributed by atoms with Gasteiger partial charge in [-0.25, -0.2) is 4.85 Å². The van der Waals surface area contributed by atoms with Crippen LogP contribution in [0.15, 0.2) is 152 Å². The van der Waals surface area contributed by atoms with E-state index in [1.807, 2.05) is 54.6 Å². The lowest BCUT2D eigenvalue weighted by Gasteiger charge is -2.22. The van der Waals surface area contributed by atoms with Crippen LogP contribution in [0.5, 0.6) is 0 Å². The number of rotatable bonds is 3. The molecule has 282 valence electrons. The van der Waals surface area contributed by atoms with E-state index < -0.39 is 11.7 Å². The number of nitrogens with zero attached hydrogens (tertiary/aromatic N) is 4. The minimum Gasteiger partial charge on any atom is -0.306 e. The van der Waals surface area contributed by atoms with Crippen LogP contribution in [0.2, 0.25) is 0 Å². The standard InChI is InChI=1S/C51H25F3N4S2/c1-56-37-16-10-15-36(51(52,53)54)46(37)35-26-41(58-39-18-7-3-12-30(39)32-22-24-45-48(50(32)58)34-14-5-9-20-43(34)60-45)40(25-28(35)27-55)57-38-17-6-2-11-29(38)31-21-23-44-47(49(31)57)33-13-4-8-19-42(33)59-44/h2-26H. The first-order valence-corrected chi connectivity index (χ1v) is 20.8. The summed E-state index contributed by atoms with van der Waals surface area (Å²) in [5, 5.41) is 19.3. The van der Waals surface area contributed by atoms with Gasteiger partial charge in [-0.05, 0) is 54.1 Å². The van der Waals surface area contributed by atoms with Crippen molar-refractivity contribution in [3.63, 3.8) is 0 Å². The van der Waals surface area contributed by atoms with Crippen LogP contribution < -0.4 is 0 Å². The van der Waals surface area contributed by atoms with Crippen LogP contribution in [0, 0.1) is 17.9 Å². The van der Waals surface area contributed by atoms with Crippen molar-refractivity contribution in [3.8, 4) is 28.6 Å². The maximum Gasteiger partial charge on any atom is 0.415 e. The minimum atomic E-state index is -4.80. The van der Waals surface area contributed by atoms with Crippen LogP contribution >= 0.6 is 22.7 Å². The molecule has 4 heterocycles. The number of halogens is 3. The molecule has 12 rings (SSSR count). The van der Waals surface area contributed by atoms with E-state index in [0.717, 1.165) is 90.0 Å². The Morgan fingerprint density at radius 3 is 1.55 bits per heavy atom. The zero-order valence-corrected chi connectivity index (χ0v) is 32.8. The molecule has 12 aromatic rings. The summed E-state index contributed by atoms with van der Waals surface area (Å²) in [6.07, 6.45) is -4.80. The van der Waals surface area contributed by atoms with Gasteiger partial charge in [0.15, 0.2) is 5.69 Å². The number of hydrogen-bond donors (Lipinski definition) is 0. The van der Waals surface area contributed by atoms with E-state index in [2.05, 4.69) is 86.8 Å². The molecule has 0 atom stereocenters. The van der Waals surface area contributed by atoms with Gasteiger partial charge in [0.1, 0.15) is 0 Å². The Balaban J connectivity index is 1.35. The molecule has 0 aliphatic rings. The van der Waals surface area contributed by atoms with Gasteiger partial charge in [-0.2, -0.15) is 18.4 Å². The van der Waals surface area contributed by atoms with Crippen molar-refractivity contribution in [2.45, 2.75) is 6.18 Å². The van der Waals surface area contributed by atoms with Gasteiger partial charge in [-0.1, -0.05) is 103 Å². The molecule has 4 nitrogen and oxygen atoms in total. The molecule has 0 saturated carbocycles. The van der Waals surface area contributed by atoms with Crippen molar-refractivity contribution < 1.29 is 13.2 Å². The summed E-state index contributed by atoms with van der Waals surface area (Å²) in [6, 6.07) is 50.8. The normalized spacial score (nSPS) is 12.2. The quantitative estimate of drug-likeness (QED) is 0.164. The Kier molecular flexibility index (Phi) is 7.23. The lowest BCUT2D eigenvalue weighted by Crippen LogP contribution is -2.09. The Bertz CT molecular complexity index is 3920. The van der Waals surface area contributed by atoms with E-state index >= 15 is 13.2 Å². The second-order valence-corrected chi connectivity index (χ2v) is 17.0. The lowest BCUT2D eigenvalue weighted by molar-refractivity contribution is -0.137. The molecule has 9 heteroatoms. The van der Waals surface area contributed by atoms with E-state index in [1.54, 1.807) is 34.8 Å². The molecule has 0 radical (unpaired) electrons. The van der Waals surface area contributed by atoms with Crippen molar-refractivity contribution in [1.29, 1.82) is 5.26 Å². The van der Waals surface area contributed by atoms with Gasteiger partial charge in [-0.15, -0.1) is 22.7 Å². The zero-order valence-electron chi connectivity index (χ0n) is 31.2. The first-order chi connectivity index (χ1) is 29.3. The van der Waals surface area contributed by atoms with Gasteiger partial charge in [0.2, 0.25) is 0 Å². The monoisotopic (exact) mass is 814 g/mol. The first-order valence-electron chi connectivity index (χ1n) is 19.2. The van der Waals surface area contributed by atoms with E-state index in [9.17, 15) is 5.26 Å². The maximum atomic E-state index is 15.1. The smallest absolute Gasteiger partial charge is 0.306 e. The molecular weight excluding hydrogens is 790 g/mol. The molecule has 0 aliphatic carbocycles. The highest BCUT2D eigenvalue weighted by molar-refractivity contribution is 7.26. The van der Waals surface area contributed by atoms with Crippen LogP contribution in [0.25, 0.3) is 111 Å². The van der Waals surface area contributed by atoms with E-state index in [0.29, 0.717) is 11.4 Å². The number of aromatic nitrogens is 2. The average Bonchev–Trinajstić information content (AvgIpc) is 4.03. The summed E-state index contributed by atoms with van der Waals surface area (Å²) < 4.78 is 54.0. The predicted octanol–water partition coefficient (Wildman–Crippen LogP) is 15.7. The third-order valence-corrected chi connectivity index (χ3v) is 14.1. The fraction of sp³-hybridized carbons (Fsp3) is 0.0196. The zero-order chi connectivity index (χ0) is 40.4. The summed E-state index contributed by atoms with van der Waals surface area (Å²) in [7, 11) is 0. The Morgan fingerprint density at radius 2 is 1.03 bits per heavy atom. The number of alkyl halides is 3. The number of thiophene rings is 2. The van der Waals surface area contributed by atoms with Crippen molar-refractivity contribution in [2.75, 3.05) is 0 Å². The van der Waals surface area contributed by atoms with Crippen molar-refractivity contribution in [2.24, 2.45) is 0 Å². The van der Waals surface area contributed by atoms with Crippen LogP contribution in [-0.4, -0.2) is 9.13 Å². The molecule has 0 fully saturated rings. The molecule has 0 N–H and O–H groups in total. The van der Waals surface area contributed by atoms with E-state index in [4.69, 9.17) is 6.57 Å². The molecule has 0 bridgehead atoms. The Hall–Kier alpha value is -7.43. The second-order valence-electron chi connectivity index (χ2n) is 14.9. The van der Waals surface area contributed by atoms with Gasteiger partial charge in [0.25, 0.3) is 0 Å². The highest BCUT2D eigenvalue weighted by Crippen LogP contribution is 2.50. The molecule has 0 aliphatic heterocycles. The first kappa shape index (κ1) is 34.6. The summed E-state index contributed by atoms with van der Waals surface area (Å²) >= 11 is 3.41. The topological polar surface area (TPSA) is 38.0 Å². The predicted molar refractivity (Wildman–Crippen MR) is 242 cm³/mol. The SMILES string of the molecule is [C-]#[N+]c1cccc(C(F)(F)F)c1-c1cc(-n2c3ccccc3c3ccc4sc5ccccc5c4c32)c(-n2c3ccccc3c3ccc4sc5ccccc5c4c32)cc1C#N. The summed E-state index contributed by atoms with van der Waals surface area (Å²) in [4.78, 5) is 3.60. The number of para-hydroxylation sites is 2. The number of nitriles is 1. The molecule has 0 spiro atoms. The van der Waals surface area contributed by atoms with Crippen LogP contribution in [-0.2, 0) is 6.18 Å². The average molecular weight is 815 g/mol. The Labute approximate surface area is 347 Å². The molecular formula is C51H25F3N4S2. The van der Waals surface area contributed by atoms with Crippen molar-refractivity contribution in [3.05, 3.63) is 174 Å². The summed E-state index contributed by atoms with van der Waals surface area (Å²) in [5.41, 5.74) is 3.38. The third-order valence-electron chi connectivity index (χ3n) is 11.8. The van der Waals surface area contributed by atoms with Gasteiger partial charge in [0, 0.05) is 67.5 Å². The second kappa shape index (κ2) is 12.5. The minimum absolute atomic E-state index is 0.0236. The summed E-state index contributed by atoms with van der Waals surface area (Å²) in [6.45, 7) is 8.05. The van der Waals surface area contributed by atoms with Gasteiger partial charge in [0.05, 0.1) is 57.2 Å². The molecule has 4 aromatic heterocycles. The number of fused-ring (bicyclic) bond motifs is 14. The van der Waals surface area contributed by atoms with Gasteiger partial charge < -0.3 is 9.13 Å². The molecule has 0 amide bonds. The van der Waals surface area contributed by atoms with E-state index in [-0.39, 0.29) is 22.4 Å². The highest BCUT2D eigenvalue weighted by atomic mass is 32.1. The number of hydrogen-bond acceptors (Lipinski definition) is 3. The molecule has 0 unspecified atom stereocenters. The van der Waals surface area contributed by atoms with Crippen LogP contribution in [0.1, 0.15) is 11.1 Å². The fourth-order valence-corrected chi connectivity index (χ4v) is 11.6. The molecule has 0 saturated heterocycles. The van der Waals surface area contributed by atoms with E-state index in [1.165, 1.54) is 12.1 Å².